The summed E-state index contributed by atoms with van der Waals surface area (Å²) in [5.74, 6) is 0.138. The van der Waals surface area contributed by atoms with Crippen LogP contribution in [0.2, 0.25) is 4.34 Å². The minimum absolute atomic E-state index is 0.138. The molecule has 1 saturated heterocycles. The molecule has 1 amide bonds. The number of hydrogen-bond donors (Lipinski definition) is 1. The van der Waals surface area contributed by atoms with E-state index in [2.05, 4.69) is 4.90 Å². The van der Waals surface area contributed by atoms with E-state index in [4.69, 9.17) is 17.3 Å². The molecular formula is C13H20ClN3OS. The minimum Gasteiger partial charge on any atom is -0.340 e. The fourth-order valence-corrected chi connectivity index (χ4v) is 3.45. The van der Waals surface area contributed by atoms with Crippen LogP contribution < -0.4 is 5.73 Å². The summed E-state index contributed by atoms with van der Waals surface area (Å²) in [4.78, 5) is 17.2. The van der Waals surface area contributed by atoms with E-state index >= 15 is 0 Å². The molecule has 0 aromatic carbocycles. The highest BCUT2D eigenvalue weighted by Gasteiger charge is 2.20. The van der Waals surface area contributed by atoms with Crippen LogP contribution in [0, 0.1) is 0 Å². The van der Waals surface area contributed by atoms with Crippen molar-refractivity contribution in [3.63, 3.8) is 0 Å². The molecule has 4 nitrogen and oxygen atoms in total. The molecule has 0 saturated carbocycles. The number of piperidine rings is 1. The number of amides is 1. The number of nitrogens with zero attached hydrogens (tertiary/aromatic N) is 2. The molecule has 1 unspecified atom stereocenters. The van der Waals surface area contributed by atoms with Gasteiger partial charge in [-0.05, 0) is 31.5 Å². The van der Waals surface area contributed by atoms with Crippen LogP contribution in [-0.4, -0.2) is 48.4 Å². The van der Waals surface area contributed by atoms with Crippen LogP contribution >= 0.6 is 22.9 Å². The summed E-state index contributed by atoms with van der Waals surface area (Å²) in [5.41, 5.74) is 5.92. The minimum atomic E-state index is 0.138. The molecule has 2 N–H and O–H groups in total. The van der Waals surface area contributed by atoms with Gasteiger partial charge < -0.3 is 10.6 Å². The third-order valence-electron chi connectivity index (χ3n) is 3.35. The summed E-state index contributed by atoms with van der Waals surface area (Å²) in [5, 5.41) is 0. The Balaban J connectivity index is 1.81. The first-order valence-corrected chi connectivity index (χ1v) is 7.70. The number of halogens is 1. The number of likely N-dealkylation sites (N-methyl/N-ethyl adjacent to an activating group) is 1. The Morgan fingerprint density at radius 3 is 3.05 bits per heavy atom. The fraction of sp³-hybridized carbons (Fsp3) is 0.615. The van der Waals surface area contributed by atoms with Crippen LogP contribution in [0.15, 0.2) is 12.1 Å². The van der Waals surface area contributed by atoms with E-state index in [0.717, 1.165) is 35.1 Å². The van der Waals surface area contributed by atoms with Gasteiger partial charge in [-0.2, -0.15) is 0 Å². The van der Waals surface area contributed by atoms with Crippen molar-refractivity contribution in [2.45, 2.75) is 25.4 Å². The first-order chi connectivity index (χ1) is 9.04. The van der Waals surface area contributed by atoms with Crippen molar-refractivity contribution in [1.82, 2.24) is 9.80 Å². The Hall–Kier alpha value is -0.620. The van der Waals surface area contributed by atoms with E-state index in [1.807, 2.05) is 19.2 Å². The summed E-state index contributed by atoms with van der Waals surface area (Å²) in [6.45, 7) is 2.88. The average Bonchev–Trinajstić information content (AvgIpc) is 2.74. The van der Waals surface area contributed by atoms with Crippen LogP contribution in [0.3, 0.4) is 0 Å². The maximum absolute atomic E-state index is 12.1. The van der Waals surface area contributed by atoms with Gasteiger partial charge in [0, 0.05) is 24.5 Å². The lowest BCUT2D eigenvalue weighted by atomic mass is 10.1. The van der Waals surface area contributed by atoms with Gasteiger partial charge in [0.25, 0.3) is 0 Å². The lowest BCUT2D eigenvalue weighted by Gasteiger charge is -2.31. The van der Waals surface area contributed by atoms with Gasteiger partial charge in [0.15, 0.2) is 0 Å². The predicted molar refractivity (Wildman–Crippen MR) is 79.5 cm³/mol. The zero-order valence-corrected chi connectivity index (χ0v) is 12.7. The van der Waals surface area contributed by atoms with Gasteiger partial charge >= 0.3 is 0 Å². The van der Waals surface area contributed by atoms with E-state index in [9.17, 15) is 4.79 Å². The number of carbonyl (C=O) groups excluding carboxylic acids is 1. The molecule has 1 aromatic rings. The normalized spacial score (nSPS) is 20.5. The van der Waals surface area contributed by atoms with Crippen molar-refractivity contribution < 1.29 is 4.79 Å². The third-order valence-corrected chi connectivity index (χ3v) is 4.56. The van der Waals surface area contributed by atoms with Gasteiger partial charge in [-0.15, -0.1) is 11.3 Å². The van der Waals surface area contributed by atoms with Crippen LogP contribution in [0.5, 0.6) is 0 Å². The molecule has 1 aliphatic heterocycles. The quantitative estimate of drug-likeness (QED) is 0.922. The molecule has 6 heteroatoms. The van der Waals surface area contributed by atoms with Gasteiger partial charge in [-0.3, -0.25) is 9.69 Å². The molecule has 19 heavy (non-hydrogen) atoms. The number of carbonyl (C=O) groups is 1. The van der Waals surface area contributed by atoms with E-state index in [1.54, 1.807) is 4.90 Å². The summed E-state index contributed by atoms with van der Waals surface area (Å²) in [6, 6.07) is 4.04. The summed E-state index contributed by atoms with van der Waals surface area (Å²) < 4.78 is 0.762. The molecule has 1 aromatic heterocycles. The van der Waals surface area contributed by atoms with E-state index < -0.39 is 0 Å². The Kier molecular flexibility index (Phi) is 5.21. The van der Waals surface area contributed by atoms with Crippen molar-refractivity contribution in [2.24, 2.45) is 5.73 Å². The van der Waals surface area contributed by atoms with Crippen molar-refractivity contribution in [3.8, 4) is 0 Å². The maximum Gasteiger partial charge on any atom is 0.236 e. The lowest BCUT2D eigenvalue weighted by Crippen LogP contribution is -2.47. The SMILES string of the molecule is CN(Cc1ccc(Cl)s1)C(=O)CN1CCCC(N)C1. The fourth-order valence-electron chi connectivity index (χ4n) is 2.31. The second-order valence-electron chi connectivity index (χ2n) is 5.09. The lowest BCUT2D eigenvalue weighted by molar-refractivity contribution is -0.131. The van der Waals surface area contributed by atoms with Crippen molar-refractivity contribution in [1.29, 1.82) is 0 Å². The molecule has 0 bridgehead atoms. The van der Waals surface area contributed by atoms with Gasteiger partial charge in [0.05, 0.1) is 17.4 Å². The molecule has 1 aliphatic rings. The molecule has 0 aliphatic carbocycles. The Morgan fingerprint density at radius 1 is 1.63 bits per heavy atom. The van der Waals surface area contributed by atoms with E-state index in [0.29, 0.717) is 13.1 Å². The maximum atomic E-state index is 12.1. The second kappa shape index (κ2) is 6.70. The molecule has 1 atom stereocenters. The van der Waals surface area contributed by atoms with Gasteiger partial charge in [-0.25, -0.2) is 0 Å². The molecule has 1 fully saturated rings. The van der Waals surface area contributed by atoms with Crippen molar-refractivity contribution in [2.75, 3.05) is 26.7 Å². The number of hydrogen-bond acceptors (Lipinski definition) is 4. The first-order valence-electron chi connectivity index (χ1n) is 6.50. The Bertz CT molecular complexity index is 437. The van der Waals surface area contributed by atoms with Crippen LogP contribution in [0.1, 0.15) is 17.7 Å². The Morgan fingerprint density at radius 2 is 2.42 bits per heavy atom. The number of thiophene rings is 1. The van der Waals surface area contributed by atoms with Crippen LogP contribution in [-0.2, 0) is 11.3 Å². The van der Waals surface area contributed by atoms with Crippen molar-refractivity contribution >= 4 is 28.8 Å². The molecule has 2 heterocycles. The molecule has 106 valence electrons. The van der Waals surface area contributed by atoms with Crippen LogP contribution in [0.4, 0.5) is 0 Å². The van der Waals surface area contributed by atoms with Gasteiger partial charge in [-0.1, -0.05) is 11.6 Å². The monoisotopic (exact) mass is 301 g/mol. The third kappa shape index (κ3) is 4.45. The standard InChI is InChI=1S/C13H20ClN3OS/c1-16(8-11-4-5-12(14)19-11)13(18)9-17-6-2-3-10(15)7-17/h4-5,10H,2-3,6-9,15H2,1H3. The Labute approximate surface area is 123 Å². The van der Waals surface area contributed by atoms with E-state index in [1.165, 1.54) is 11.3 Å². The van der Waals surface area contributed by atoms with Gasteiger partial charge in [0.1, 0.15) is 0 Å². The zero-order chi connectivity index (χ0) is 13.8. The number of rotatable bonds is 4. The second-order valence-corrected chi connectivity index (χ2v) is 6.89. The highest BCUT2D eigenvalue weighted by molar-refractivity contribution is 7.16. The largest absolute Gasteiger partial charge is 0.340 e. The first kappa shape index (κ1) is 14.8. The summed E-state index contributed by atoms with van der Waals surface area (Å²) in [6.07, 6.45) is 2.15. The average molecular weight is 302 g/mol. The summed E-state index contributed by atoms with van der Waals surface area (Å²) in [7, 11) is 1.83. The molecule has 0 radical (unpaired) electrons. The zero-order valence-electron chi connectivity index (χ0n) is 11.1. The van der Waals surface area contributed by atoms with E-state index in [-0.39, 0.29) is 11.9 Å². The predicted octanol–water partition coefficient (Wildman–Crippen LogP) is 1.78. The highest BCUT2D eigenvalue weighted by atomic mass is 35.5. The molecular weight excluding hydrogens is 282 g/mol. The van der Waals surface area contributed by atoms with Gasteiger partial charge in [0.2, 0.25) is 5.91 Å². The number of nitrogens with two attached hydrogens (primary N) is 1. The molecule has 2 rings (SSSR count). The van der Waals surface area contributed by atoms with Crippen molar-refractivity contribution in [3.05, 3.63) is 21.3 Å². The summed E-state index contributed by atoms with van der Waals surface area (Å²) >= 11 is 7.41. The topological polar surface area (TPSA) is 49.6 Å². The smallest absolute Gasteiger partial charge is 0.236 e. The number of likely N-dealkylation sites (tertiary alicyclic amines) is 1. The van der Waals surface area contributed by atoms with Crippen LogP contribution in [0.25, 0.3) is 0 Å². The highest BCUT2D eigenvalue weighted by Crippen LogP contribution is 2.22. The molecule has 0 spiro atoms.